The molecule has 0 amide bonds. The Morgan fingerprint density at radius 3 is 2.71 bits per heavy atom. The van der Waals surface area contributed by atoms with E-state index in [9.17, 15) is 0 Å². The maximum absolute atomic E-state index is 4.54. The first-order valence-corrected chi connectivity index (χ1v) is 7.94. The van der Waals surface area contributed by atoms with Crippen molar-refractivity contribution in [2.24, 2.45) is 18.9 Å². The monoisotopic (exact) mass is 298 g/mol. The van der Waals surface area contributed by atoms with E-state index >= 15 is 0 Å². The van der Waals surface area contributed by atoms with E-state index in [0.717, 1.165) is 23.6 Å². The quantitative estimate of drug-likeness (QED) is 0.758. The summed E-state index contributed by atoms with van der Waals surface area (Å²) in [6, 6.07) is 2.28. The van der Waals surface area contributed by atoms with E-state index in [0.29, 0.717) is 0 Å². The highest BCUT2D eigenvalue weighted by atomic mass is 79.9. The average molecular weight is 299 g/mol. The van der Waals surface area contributed by atoms with E-state index in [4.69, 9.17) is 0 Å². The van der Waals surface area contributed by atoms with E-state index in [-0.39, 0.29) is 0 Å². The molecule has 1 unspecified atom stereocenters. The molecule has 17 heavy (non-hydrogen) atoms. The fourth-order valence-corrected chi connectivity index (χ4v) is 3.74. The van der Waals surface area contributed by atoms with Gasteiger partial charge in [-0.1, -0.05) is 48.5 Å². The van der Waals surface area contributed by atoms with Crippen LogP contribution in [0.3, 0.4) is 0 Å². The average Bonchev–Trinajstić information content (AvgIpc) is 2.96. The highest BCUT2D eigenvalue weighted by Crippen LogP contribution is 2.34. The van der Waals surface area contributed by atoms with Gasteiger partial charge in [-0.15, -0.1) is 0 Å². The molecule has 0 aliphatic heterocycles. The number of aryl methyl sites for hydroxylation is 2. The minimum absolute atomic E-state index is 0.789. The molecular weight excluding hydrogens is 276 g/mol. The van der Waals surface area contributed by atoms with Crippen molar-refractivity contribution in [3.63, 3.8) is 0 Å². The lowest BCUT2D eigenvalue weighted by atomic mass is 9.88. The van der Waals surface area contributed by atoms with Gasteiger partial charge in [-0.05, 0) is 30.7 Å². The van der Waals surface area contributed by atoms with Gasteiger partial charge in [0.05, 0.1) is 5.69 Å². The lowest BCUT2D eigenvalue weighted by Gasteiger charge is -2.21. The Kier molecular flexibility index (Phi) is 4.66. The van der Waals surface area contributed by atoms with Crippen LogP contribution in [0.5, 0.6) is 0 Å². The fraction of sp³-hybridized carbons (Fsp3) is 0.786. The third-order valence-corrected chi connectivity index (χ3v) is 4.96. The van der Waals surface area contributed by atoms with E-state index in [1.165, 1.54) is 43.5 Å². The molecule has 0 radical (unpaired) electrons. The van der Waals surface area contributed by atoms with Gasteiger partial charge in [0.2, 0.25) is 0 Å². The summed E-state index contributed by atoms with van der Waals surface area (Å²) in [4.78, 5) is 0. The first-order chi connectivity index (χ1) is 8.24. The van der Waals surface area contributed by atoms with Crippen LogP contribution in [0.15, 0.2) is 6.07 Å². The molecule has 1 fully saturated rings. The normalized spacial score (nSPS) is 18.8. The number of hydrogen-bond acceptors (Lipinski definition) is 1. The van der Waals surface area contributed by atoms with Crippen LogP contribution < -0.4 is 0 Å². The summed E-state index contributed by atoms with van der Waals surface area (Å²) in [5, 5.41) is 5.67. The van der Waals surface area contributed by atoms with Crippen LogP contribution in [0.4, 0.5) is 0 Å². The number of aromatic nitrogens is 2. The van der Waals surface area contributed by atoms with Crippen LogP contribution in [-0.2, 0) is 19.9 Å². The summed E-state index contributed by atoms with van der Waals surface area (Å²) < 4.78 is 2.07. The molecule has 3 heteroatoms. The predicted molar refractivity (Wildman–Crippen MR) is 75.5 cm³/mol. The molecule has 1 aliphatic carbocycles. The Morgan fingerprint density at radius 1 is 1.47 bits per heavy atom. The van der Waals surface area contributed by atoms with Crippen LogP contribution in [0, 0.1) is 11.8 Å². The molecule has 1 aromatic heterocycles. The number of nitrogens with zero attached hydrogens (tertiary/aromatic N) is 2. The second kappa shape index (κ2) is 6.03. The van der Waals surface area contributed by atoms with Crippen molar-refractivity contribution in [2.75, 3.05) is 5.33 Å². The second-order valence-electron chi connectivity index (χ2n) is 5.27. The van der Waals surface area contributed by atoms with Crippen LogP contribution in [0.1, 0.15) is 44.0 Å². The van der Waals surface area contributed by atoms with Crippen LogP contribution in [0.25, 0.3) is 0 Å². The largest absolute Gasteiger partial charge is 0.272 e. The van der Waals surface area contributed by atoms with Crippen molar-refractivity contribution < 1.29 is 0 Å². The molecule has 1 heterocycles. The van der Waals surface area contributed by atoms with Crippen molar-refractivity contribution in [1.82, 2.24) is 9.78 Å². The van der Waals surface area contributed by atoms with Crippen LogP contribution in [0.2, 0.25) is 0 Å². The molecular formula is C14H23BrN2. The van der Waals surface area contributed by atoms with E-state index in [1.54, 1.807) is 0 Å². The van der Waals surface area contributed by atoms with Gasteiger partial charge in [0.1, 0.15) is 0 Å². The van der Waals surface area contributed by atoms with Gasteiger partial charge in [0, 0.05) is 18.1 Å². The maximum Gasteiger partial charge on any atom is 0.0624 e. The topological polar surface area (TPSA) is 17.8 Å². The number of alkyl halides is 1. The molecule has 0 aromatic carbocycles. The minimum atomic E-state index is 0.789. The summed E-state index contributed by atoms with van der Waals surface area (Å²) in [7, 11) is 2.08. The van der Waals surface area contributed by atoms with Gasteiger partial charge >= 0.3 is 0 Å². The Labute approximate surface area is 113 Å². The first-order valence-electron chi connectivity index (χ1n) is 6.82. The summed E-state index contributed by atoms with van der Waals surface area (Å²) in [6.45, 7) is 2.17. The third kappa shape index (κ3) is 3.12. The van der Waals surface area contributed by atoms with Gasteiger partial charge < -0.3 is 0 Å². The fourth-order valence-electron chi connectivity index (χ4n) is 2.98. The first kappa shape index (κ1) is 13.1. The molecule has 2 nitrogen and oxygen atoms in total. The van der Waals surface area contributed by atoms with Gasteiger partial charge in [0.25, 0.3) is 0 Å². The zero-order valence-electron chi connectivity index (χ0n) is 11.0. The Hall–Kier alpha value is -0.310. The number of halogens is 1. The molecule has 96 valence electrons. The van der Waals surface area contributed by atoms with Gasteiger partial charge in [-0.3, -0.25) is 4.68 Å². The Balaban J connectivity index is 2.03. The van der Waals surface area contributed by atoms with Crippen LogP contribution >= 0.6 is 15.9 Å². The Morgan fingerprint density at radius 2 is 2.18 bits per heavy atom. The van der Waals surface area contributed by atoms with Crippen molar-refractivity contribution in [1.29, 1.82) is 0 Å². The molecule has 1 aromatic rings. The molecule has 0 bridgehead atoms. The van der Waals surface area contributed by atoms with Crippen molar-refractivity contribution in [2.45, 2.75) is 45.4 Å². The zero-order valence-corrected chi connectivity index (χ0v) is 12.5. The molecule has 1 aliphatic rings. The van der Waals surface area contributed by atoms with Crippen molar-refractivity contribution >= 4 is 15.9 Å². The summed E-state index contributed by atoms with van der Waals surface area (Å²) in [5.41, 5.74) is 2.63. The molecule has 0 saturated heterocycles. The molecule has 2 rings (SSSR count). The van der Waals surface area contributed by atoms with Gasteiger partial charge in [-0.2, -0.15) is 5.10 Å². The number of hydrogen-bond donors (Lipinski definition) is 0. The molecule has 0 spiro atoms. The Bertz CT molecular complexity index is 353. The lowest BCUT2D eigenvalue weighted by molar-refractivity contribution is 0.366. The predicted octanol–water partition coefficient (Wildman–Crippen LogP) is 3.73. The molecule has 0 N–H and O–H groups in total. The SMILES string of the molecule is CCc1cc(CC(CBr)C2CCCC2)n(C)n1. The number of rotatable bonds is 5. The van der Waals surface area contributed by atoms with Crippen molar-refractivity contribution in [3.8, 4) is 0 Å². The highest BCUT2D eigenvalue weighted by Gasteiger charge is 2.25. The van der Waals surface area contributed by atoms with Gasteiger partial charge in [0.15, 0.2) is 0 Å². The van der Waals surface area contributed by atoms with E-state index < -0.39 is 0 Å². The zero-order chi connectivity index (χ0) is 12.3. The highest BCUT2D eigenvalue weighted by molar-refractivity contribution is 9.09. The lowest BCUT2D eigenvalue weighted by Crippen LogP contribution is -2.17. The summed E-state index contributed by atoms with van der Waals surface area (Å²) in [5.74, 6) is 1.71. The summed E-state index contributed by atoms with van der Waals surface area (Å²) in [6.07, 6.45) is 7.93. The van der Waals surface area contributed by atoms with E-state index in [1.807, 2.05) is 0 Å². The van der Waals surface area contributed by atoms with Gasteiger partial charge in [-0.25, -0.2) is 0 Å². The summed E-state index contributed by atoms with van der Waals surface area (Å²) >= 11 is 3.70. The minimum Gasteiger partial charge on any atom is -0.272 e. The smallest absolute Gasteiger partial charge is 0.0624 e. The third-order valence-electron chi connectivity index (χ3n) is 4.13. The van der Waals surface area contributed by atoms with Crippen LogP contribution in [-0.4, -0.2) is 15.1 Å². The van der Waals surface area contributed by atoms with E-state index in [2.05, 4.69) is 45.7 Å². The van der Waals surface area contributed by atoms with Crippen molar-refractivity contribution in [3.05, 3.63) is 17.5 Å². The molecule has 1 saturated carbocycles. The molecule has 1 atom stereocenters. The standard InChI is InChI=1S/C14H23BrN2/c1-3-13-9-14(17(2)16-13)8-12(10-15)11-6-4-5-7-11/h9,11-12H,3-8,10H2,1-2H3. The second-order valence-corrected chi connectivity index (χ2v) is 5.91. The maximum atomic E-state index is 4.54.